The molecule has 6 nitrogen and oxygen atoms in total. The number of carbonyl (C=O) groups excluding carboxylic acids is 1. The fourth-order valence-electron chi connectivity index (χ4n) is 2.94. The van der Waals surface area contributed by atoms with Crippen molar-refractivity contribution in [3.8, 4) is 11.5 Å². The Hall–Kier alpha value is -3.41. The molecule has 4 aromatic rings. The zero-order chi connectivity index (χ0) is 18.5. The molecule has 2 N–H and O–H groups in total. The van der Waals surface area contributed by atoms with Crippen molar-refractivity contribution >= 4 is 16.9 Å². The van der Waals surface area contributed by atoms with Gasteiger partial charge in [0.05, 0.1) is 23.1 Å². The number of aromatic amines is 1. The van der Waals surface area contributed by atoms with Gasteiger partial charge in [-0.15, -0.1) is 0 Å². The van der Waals surface area contributed by atoms with Crippen molar-refractivity contribution in [2.45, 2.75) is 19.3 Å². The molecule has 0 spiro atoms. The molecule has 27 heavy (non-hydrogen) atoms. The number of nitrogens with zero attached hydrogens (tertiary/aromatic N) is 2. The summed E-state index contributed by atoms with van der Waals surface area (Å²) in [6.07, 6.45) is 3.36. The maximum absolute atomic E-state index is 12.1. The summed E-state index contributed by atoms with van der Waals surface area (Å²) in [5.74, 6) is 1.41. The molecule has 0 aliphatic rings. The molecule has 0 radical (unpaired) electrons. The molecule has 0 aliphatic heterocycles. The van der Waals surface area contributed by atoms with Gasteiger partial charge in [0, 0.05) is 18.5 Å². The van der Waals surface area contributed by atoms with Crippen molar-refractivity contribution in [3.63, 3.8) is 0 Å². The summed E-state index contributed by atoms with van der Waals surface area (Å²) in [5, 5.41) is 2.92. The van der Waals surface area contributed by atoms with E-state index in [4.69, 9.17) is 4.42 Å². The Balaban J connectivity index is 1.23. The van der Waals surface area contributed by atoms with E-state index in [1.54, 1.807) is 0 Å². The Kier molecular flexibility index (Phi) is 4.96. The van der Waals surface area contributed by atoms with Crippen LogP contribution in [0.1, 0.15) is 17.9 Å². The Morgan fingerprint density at radius 3 is 2.70 bits per heavy atom. The van der Waals surface area contributed by atoms with E-state index < -0.39 is 0 Å². The lowest BCUT2D eigenvalue weighted by atomic mass is 10.2. The molecule has 0 fully saturated rings. The van der Waals surface area contributed by atoms with Crippen LogP contribution in [0.15, 0.2) is 65.3 Å². The van der Waals surface area contributed by atoms with Gasteiger partial charge >= 0.3 is 0 Å². The summed E-state index contributed by atoms with van der Waals surface area (Å²) >= 11 is 0. The number of hydrogen-bond donors (Lipinski definition) is 2. The minimum atomic E-state index is -0.0625. The van der Waals surface area contributed by atoms with Crippen LogP contribution in [0.3, 0.4) is 0 Å². The van der Waals surface area contributed by atoms with E-state index in [1.807, 2.05) is 54.6 Å². The second-order valence-corrected chi connectivity index (χ2v) is 6.34. The van der Waals surface area contributed by atoms with Crippen LogP contribution in [-0.4, -0.2) is 27.4 Å². The predicted octanol–water partition coefficient (Wildman–Crippen LogP) is 3.51. The van der Waals surface area contributed by atoms with Gasteiger partial charge in [-0.3, -0.25) is 4.79 Å². The van der Waals surface area contributed by atoms with Gasteiger partial charge in [0.1, 0.15) is 12.1 Å². The maximum Gasteiger partial charge on any atom is 0.226 e. The lowest BCUT2D eigenvalue weighted by Crippen LogP contribution is -2.26. The molecule has 0 bridgehead atoms. The third kappa shape index (κ3) is 4.23. The van der Waals surface area contributed by atoms with Crippen molar-refractivity contribution in [3.05, 3.63) is 72.4 Å². The quantitative estimate of drug-likeness (QED) is 0.494. The van der Waals surface area contributed by atoms with Gasteiger partial charge in [-0.25, -0.2) is 9.97 Å². The SMILES string of the molecule is O=C(Cc1coc(-c2ccccc2)n1)NCCCc1nc2ccccc2[nH]1. The molecule has 136 valence electrons. The second kappa shape index (κ2) is 7.86. The van der Waals surface area contributed by atoms with Crippen molar-refractivity contribution in [2.24, 2.45) is 0 Å². The van der Waals surface area contributed by atoms with E-state index in [2.05, 4.69) is 20.3 Å². The van der Waals surface area contributed by atoms with Crippen LogP contribution in [0.2, 0.25) is 0 Å². The number of rotatable bonds is 7. The van der Waals surface area contributed by atoms with Crippen molar-refractivity contribution < 1.29 is 9.21 Å². The highest BCUT2D eigenvalue weighted by molar-refractivity contribution is 5.78. The lowest BCUT2D eigenvalue weighted by molar-refractivity contribution is -0.120. The van der Waals surface area contributed by atoms with E-state index in [0.29, 0.717) is 18.1 Å². The van der Waals surface area contributed by atoms with Crippen LogP contribution in [0, 0.1) is 0 Å². The number of amides is 1. The number of aromatic nitrogens is 3. The fraction of sp³-hybridized carbons (Fsp3) is 0.190. The smallest absolute Gasteiger partial charge is 0.226 e. The largest absolute Gasteiger partial charge is 0.444 e. The van der Waals surface area contributed by atoms with Gasteiger partial charge in [-0.1, -0.05) is 30.3 Å². The number of aryl methyl sites for hydroxylation is 1. The van der Waals surface area contributed by atoms with Crippen molar-refractivity contribution in [1.82, 2.24) is 20.3 Å². The summed E-state index contributed by atoms with van der Waals surface area (Å²) in [5.41, 5.74) is 3.53. The molecular formula is C21H20N4O2. The average Bonchev–Trinajstić information content (AvgIpc) is 3.32. The molecule has 0 aliphatic carbocycles. The fourth-order valence-corrected chi connectivity index (χ4v) is 2.94. The van der Waals surface area contributed by atoms with Gasteiger partial charge in [0.25, 0.3) is 0 Å². The normalized spacial score (nSPS) is 11.0. The molecule has 2 aromatic heterocycles. The van der Waals surface area contributed by atoms with E-state index in [0.717, 1.165) is 35.3 Å². The summed E-state index contributed by atoms with van der Waals surface area (Å²) in [6.45, 7) is 0.597. The van der Waals surface area contributed by atoms with Crippen LogP contribution in [0.4, 0.5) is 0 Å². The highest BCUT2D eigenvalue weighted by Gasteiger charge is 2.10. The monoisotopic (exact) mass is 360 g/mol. The molecule has 2 aromatic carbocycles. The van der Waals surface area contributed by atoms with Gasteiger partial charge in [-0.2, -0.15) is 0 Å². The van der Waals surface area contributed by atoms with Gasteiger partial charge in [0.15, 0.2) is 0 Å². The number of carbonyl (C=O) groups is 1. The number of nitrogens with one attached hydrogen (secondary N) is 2. The Labute approximate surface area is 156 Å². The molecule has 0 atom stereocenters. The van der Waals surface area contributed by atoms with Crippen molar-refractivity contribution in [1.29, 1.82) is 0 Å². The molecule has 2 heterocycles. The lowest BCUT2D eigenvalue weighted by Gasteiger charge is -2.02. The first kappa shape index (κ1) is 17.0. The minimum absolute atomic E-state index is 0.0625. The number of benzene rings is 2. The highest BCUT2D eigenvalue weighted by atomic mass is 16.3. The molecule has 4 rings (SSSR count). The summed E-state index contributed by atoms with van der Waals surface area (Å²) in [7, 11) is 0. The van der Waals surface area contributed by atoms with Gasteiger partial charge in [-0.05, 0) is 30.7 Å². The molecule has 0 saturated heterocycles. The average molecular weight is 360 g/mol. The summed E-state index contributed by atoms with van der Waals surface area (Å²) < 4.78 is 5.46. The summed E-state index contributed by atoms with van der Waals surface area (Å²) in [6, 6.07) is 17.6. The second-order valence-electron chi connectivity index (χ2n) is 6.34. The molecule has 0 unspecified atom stereocenters. The number of imidazole rings is 1. The molecule has 6 heteroatoms. The Morgan fingerprint density at radius 2 is 1.85 bits per heavy atom. The van der Waals surface area contributed by atoms with Crippen LogP contribution >= 0.6 is 0 Å². The van der Waals surface area contributed by atoms with Crippen LogP contribution in [-0.2, 0) is 17.6 Å². The third-order valence-electron chi connectivity index (χ3n) is 4.27. The highest BCUT2D eigenvalue weighted by Crippen LogP contribution is 2.18. The van der Waals surface area contributed by atoms with E-state index in [9.17, 15) is 4.79 Å². The van der Waals surface area contributed by atoms with Gasteiger partial charge in [0.2, 0.25) is 11.8 Å². The number of hydrogen-bond acceptors (Lipinski definition) is 4. The number of fused-ring (bicyclic) bond motifs is 1. The van der Waals surface area contributed by atoms with Crippen LogP contribution < -0.4 is 5.32 Å². The predicted molar refractivity (Wildman–Crippen MR) is 103 cm³/mol. The number of para-hydroxylation sites is 2. The first-order valence-electron chi connectivity index (χ1n) is 8.98. The van der Waals surface area contributed by atoms with Crippen LogP contribution in [0.25, 0.3) is 22.5 Å². The number of oxazole rings is 1. The topological polar surface area (TPSA) is 83.8 Å². The first-order chi connectivity index (χ1) is 13.3. The van der Waals surface area contributed by atoms with Crippen molar-refractivity contribution in [2.75, 3.05) is 6.54 Å². The first-order valence-corrected chi connectivity index (χ1v) is 8.98. The zero-order valence-corrected chi connectivity index (χ0v) is 14.8. The molecular weight excluding hydrogens is 340 g/mol. The van der Waals surface area contributed by atoms with Gasteiger partial charge < -0.3 is 14.7 Å². The Morgan fingerprint density at radius 1 is 1.04 bits per heavy atom. The third-order valence-corrected chi connectivity index (χ3v) is 4.27. The zero-order valence-electron chi connectivity index (χ0n) is 14.8. The molecule has 0 saturated carbocycles. The standard InChI is InChI=1S/C21H20N4O2/c26-20(13-16-14-27-21(23-16)15-7-2-1-3-8-15)22-12-6-11-19-24-17-9-4-5-10-18(17)25-19/h1-5,7-10,14H,6,11-13H2,(H,22,26)(H,24,25). The number of H-pyrrole nitrogens is 1. The maximum atomic E-state index is 12.1. The van der Waals surface area contributed by atoms with E-state index >= 15 is 0 Å². The summed E-state index contributed by atoms with van der Waals surface area (Å²) in [4.78, 5) is 24.3. The minimum Gasteiger partial charge on any atom is -0.444 e. The molecule has 1 amide bonds. The van der Waals surface area contributed by atoms with E-state index in [1.165, 1.54) is 6.26 Å². The van der Waals surface area contributed by atoms with Crippen LogP contribution in [0.5, 0.6) is 0 Å². The van der Waals surface area contributed by atoms with E-state index in [-0.39, 0.29) is 12.3 Å². The Bertz CT molecular complexity index is 1000.